The Labute approximate surface area is 138 Å². The Morgan fingerprint density at radius 2 is 1.86 bits per heavy atom. The van der Waals surface area contributed by atoms with Crippen LogP contribution < -0.4 is 0 Å². The fourth-order valence-electron chi connectivity index (χ4n) is 1.64. The molecule has 0 N–H and O–H groups in total. The summed E-state index contributed by atoms with van der Waals surface area (Å²) in [5.74, 6) is 0.785. The van der Waals surface area contributed by atoms with Crippen molar-refractivity contribution < 1.29 is 9.05 Å². The second-order valence-electron chi connectivity index (χ2n) is 4.04. The van der Waals surface area contributed by atoms with Crippen molar-refractivity contribution in [3.05, 3.63) is 35.2 Å². The molecular formula is C13H17N2O2PS3. The molecule has 0 aliphatic carbocycles. The molecule has 0 saturated heterocycles. The van der Waals surface area contributed by atoms with E-state index in [1.807, 2.05) is 19.2 Å². The molecule has 114 valence electrons. The third kappa shape index (κ3) is 5.13. The lowest BCUT2D eigenvalue weighted by molar-refractivity contribution is 0.280. The molecule has 4 nitrogen and oxygen atoms in total. The molecule has 0 atom stereocenters. The highest BCUT2D eigenvalue weighted by atomic mass is 32.9. The Morgan fingerprint density at radius 3 is 2.38 bits per heavy atom. The van der Waals surface area contributed by atoms with Gasteiger partial charge in [0.25, 0.3) is 0 Å². The van der Waals surface area contributed by atoms with Crippen LogP contribution in [-0.4, -0.2) is 22.8 Å². The molecule has 1 aromatic carbocycles. The Balaban J connectivity index is 1.98. The highest BCUT2D eigenvalue weighted by molar-refractivity contribution is 8.67. The van der Waals surface area contributed by atoms with E-state index in [2.05, 4.69) is 33.9 Å². The van der Waals surface area contributed by atoms with E-state index in [4.69, 9.17) is 20.9 Å². The van der Waals surface area contributed by atoms with Gasteiger partial charge in [-0.2, -0.15) is 0 Å². The van der Waals surface area contributed by atoms with Gasteiger partial charge in [0.2, 0.25) is 5.69 Å². The van der Waals surface area contributed by atoms with Gasteiger partial charge in [-0.05, 0) is 42.8 Å². The van der Waals surface area contributed by atoms with Crippen LogP contribution in [0.3, 0.4) is 0 Å². The molecular weight excluding hydrogens is 343 g/mol. The molecule has 0 bridgehead atoms. The first-order valence-corrected chi connectivity index (χ1v) is 11.6. The summed E-state index contributed by atoms with van der Waals surface area (Å²) >= 11 is 8.44. The van der Waals surface area contributed by atoms with Crippen LogP contribution in [0.25, 0.3) is 11.3 Å². The van der Waals surface area contributed by atoms with Gasteiger partial charge in [0.1, 0.15) is 5.69 Å². The van der Waals surface area contributed by atoms with Crippen molar-refractivity contribution in [1.82, 2.24) is 9.59 Å². The topological polar surface area (TPSA) is 44.2 Å². The zero-order valence-electron chi connectivity index (χ0n) is 11.9. The second kappa shape index (κ2) is 8.36. The SMILES string of the molecule is CCOP(=S)(OCC)SCc1ccc(-c2csnn2)cc1. The predicted octanol–water partition coefficient (Wildman–Crippen LogP) is 4.74. The fourth-order valence-corrected chi connectivity index (χ4v) is 6.57. The maximum absolute atomic E-state index is 5.62. The van der Waals surface area contributed by atoms with Crippen molar-refractivity contribution in [2.45, 2.75) is 19.6 Å². The first-order valence-electron chi connectivity index (χ1n) is 6.57. The van der Waals surface area contributed by atoms with Crippen molar-refractivity contribution in [3.63, 3.8) is 0 Å². The maximum atomic E-state index is 5.62. The van der Waals surface area contributed by atoms with Crippen molar-refractivity contribution in [2.24, 2.45) is 0 Å². The minimum Gasteiger partial charge on any atom is -0.322 e. The lowest BCUT2D eigenvalue weighted by Gasteiger charge is -2.19. The van der Waals surface area contributed by atoms with Gasteiger partial charge in [0, 0.05) is 16.7 Å². The minimum absolute atomic E-state index is 0.583. The molecule has 0 radical (unpaired) electrons. The molecule has 0 spiro atoms. The van der Waals surface area contributed by atoms with E-state index < -0.39 is 5.69 Å². The summed E-state index contributed by atoms with van der Waals surface area (Å²) in [7, 11) is 0. The lowest BCUT2D eigenvalue weighted by atomic mass is 10.1. The number of nitrogens with zero attached hydrogens (tertiary/aromatic N) is 2. The van der Waals surface area contributed by atoms with Crippen molar-refractivity contribution in [1.29, 1.82) is 0 Å². The fraction of sp³-hybridized carbons (Fsp3) is 0.385. The summed E-state index contributed by atoms with van der Waals surface area (Å²) in [4.78, 5) is 0. The van der Waals surface area contributed by atoms with Crippen LogP contribution in [0.1, 0.15) is 19.4 Å². The third-order valence-corrected chi connectivity index (χ3v) is 8.56. The number of rotatable bonds is 8. The molecule has 0 fully saturated rings. The van der Waals surface area contributed by atoms with Crippen molar-refractivity contribution in [3.8, 4) is 11.3 Å². The highest BCUT2D eigenvalue weighted by Gasteiger charge is 2.18. The van der Waals surface area contributed by atoms with Crippen LogP contribution >= 0.6 is 28.6 Å². The van der Waals surface area contributed by atoms with E-state index in [-0.39, 0.29) is 0 Å². The summed E-state index contributed by atoms with van der Waals surface area (Å²) < 4.78 is 15.1. The third-order valence-electron chi connectivity index (χ3n) is 2.57. The normalized spacial score (nSPS) is 11.7. The van der Waals surface area contributed by atoms with Gasteiger partial charge >= 0.3 is 0 Å². The zero-order valence-corrected chi connectivity index (χ0v) is 15.2. The largest absolute Gasteiger partial charge is 0.322 e. The number of hydrogen-bond acceptors (Lipinski definition) is 7. The quantitative estimate of drug-likeness (QED) is 0.634. The summed E-state index contributed by atoms with van der Waals surface area (Å²) in [6.45, 7) is 5.05. The number of hydrogen-bond donors (Lipinski definition) is 0. The summed E-state index contributed by atoms with van der Waals surface area (Å²) in [6.07, 6.45) is 0. The van der Waals surface area contributed by atoms with Gasteiger partial charge in [-0.1, -0.05) is 40.1 Å². The Morgan fingerprint density at radius 1 is 1.19 bits per heavy atom. The molecule has 0 aliphatic rings. The maximum Gasteiger partial charge on any atom is 0.247 e. The molecule has 1 heterocycles. The van der Waals surface area contributed by atoms with Crippen molar-refractivity contribution >= 4 is 40.4 Å². The van der Waals surface area contributed by atoms with Crippen LogP contribution in [-0.2, 0) is 26.6 Å². The monoisotopic (exact) mass is 360 g/mol. The van der Waals surface area contributed by atoms with Crippen LogP contribution in [0, 0.1) is 0 Å². The molecule has 0 saturated carbocycles. The van der Waals surface area contributed by atoms with Crippen LogP contribution in [0.5, 0.6) is 0 Å². The van der Waals surface area contributed by atoms with E-state index in [0.717, 1.165) is 17.0 Å². The molecule has 2 rings (SSSR count). The lowest BCUT2D eigenvalue weighted by Crippen LogP contribution is -1.93. The molecule has 21 heavy (non-hydrogen) atoms. The van der Waals surface area contributed by atoms with E-state index in [1.165, 1.54) is 17.1 Å². The number of benzene rings is 1. The molecule has 2 aromatic rings. The van der Waals surface area contributed by atoms with Gasteiger partial charge in [-0.25, -0.2) is 0 Å². The van der Waals surface area contributed by atoms with E-state index >= 15 is 0 Å². The average molecular weight is 360 g/mol. The van der Waals surface area contributed by atoms with E-state index in [9.17, 15) is 0 Å². The molecule has 0 unspecified atom stereocenters. The Hall–Kier alpha value is -0.300. The molecule has 0 amide bonds. The Kier molecular flexibility index (Phi) is 6.79. The average Bonchev–Trinajstić information content (AvgIpc) is 3.01. The first kappa shape index (κ1) is 17.1. The summed E-state index contributed by atoms with van der Waals surface area (Å²) in [5.41, 5.74) is 0.965. The molecule has 0 aliphatic heterocycles. The first-order chi connectivity index (χ1) is 10.2. The predicted molar refractivity (Wildman–Crippen MR) is 94.2 cm³/mol. The molecule has 1 aromatic heterocycles. The van der Waals surface area contributed by atoms with Gasteiger partial charge in [-0.15, -0.1) is 5.10 Å². The summed E-state index contributed by atoms with van der Waals surface area (Å²) in [5, 5.41) is 6.00. The van der Waals surface area contributed by atoms with Crippen molar-refractivity contribution in [2.75, 3.05) is 13.2 Å². The number of aromatic nitrogens is 2. The Bertz CT molecular complexity index is 580. The van der Waals surface area contributed by atoms with Gasteiger partial charge in [0.15, 0.2) is 0 Å². The minimum atomic E-state index is -2.22. The second-order valence-corrected chi connectivity index (χ2v) is 11.0. The van der Waals surface area contributed by atoms with Gasteiger partial charge < -0.3 is 9.05 Å². The van der Waals surface area contributed by atoms with Gasteiger partial charge in [0.05, 0.1) is 13.2 Å². The van der Waals surface area contributed by atoms with Crippen LogP contribution in [0.4, 0.5) is 0 Å². The van der Waals surface area contributed by atoms with Gasteiger partial charge in [-0.3, -0.25) is 0 Å². The summed E-state index contributed by atoms with van der Waals surface area (Å²) in [6, 6.07) is 8.27. The smallest absolute Gasteiger partial charge is 0.247 e. The highest BCUT2D eigenvalue weighted by Crippen LogP contribution is 2.61. The zero-order chi connectivity index (χ0) is 15.1. The van der Waals surface area contributed by atoms with Crippen LogP contribution in [0.2, 0.25) is 0 Å². The van der Waals surface area contributed by atoms with E-state index in [0.29, 0.717) is 13.2 Å². The molecule has 8 heteroatoms. The van der Waals surface area contributed by atoms with E-state index in [1.54, 1.807) is 11.4 Å². The van der Waals surface area contributed by atoms with Crippen LogP contribution in [0.15, 0.2) is 29.6 Å². The standard InChI is InChI=1S/C13H17N2O2PS3/c1-3-16-18(19,17-4-2)21-9-11-5-7-12(8-6-11)13-10-20-15-14-13/h5-8,10H,3-4,9H2,1-2H3.